The number of nitrogens with two attached hydrogens (primary N) is 1. The van der Waals surface area contributed by atoms with Gasteiger partial charge in [-0.1, -0.05) is 6.07 Å². The van der Waals surface area contributed by atoms with Gasteiger partial charge in [-0.3, -0.25) is 14.2 Å². The lowest BCUT2D eigenvalue weighted by Crippen LogP contribution is -2.44. The van der Waals surface area contributed by atoms with Gasteiger partial charge in [-0.25, -0.2) is 19.7 Å². The van der Waals surface area contributed by atoms with Gasteiger partial charge in [0.05, 0.1) is 12.9 Å². The Morgan fingerprint density at radius 2 is 2.03 bits per heavy atom. The van der Waals surface area contributed by atoms with E-state index in [2.05, 4.69) is 36.2 Å². The maximum atomic E-state index is 12.2. The highest BCUT2D eigenvalue weighted by molar-refractivity contribution is 6.02. The Bertz CT molecular complexity index is 1340. The lowest BCUT2D eigenvalue weighted by Gasteiger charge is -2.16. The average molecular weight is 497 g/mol. The highest BCUT2D eigenvalue weighted by Gasteiger charge is 2.44. The third kappa shape index (κ3) is 4.26. The highest BCUT2D eigenvalue weighted by Crippen LogP contribution is 2.31. The van der Waals surface area contributed by atoms with Crippen molar-refractivity contribution in [2.75, 3.05) is 24.1 Å². The Labute approximate surface area is 203 Å². The van der Waals surface area contributed by atoms with Gasteiger partial charge in [-0.05, 0) is 12.1 Å². The number of amides is 4. The molecule has 8 N–H and O–H groups in total. The molecule has 36 heavy (non-hydrogen) atoms. The molecule has 1 saturated heterocycles. The van der Waals surface area contributed by atoms with Crippen LogP contribution in [0, 0.1) is 0 Å². The number of ether oxygens (including phenoxy) is 1. The molecular formula is C21H23N9O6. The minimum Gasteiger partial charge on any atom is -0.387 e. The van der Waals surface area contributed by atoms with E-state index in [1.165, 1.54) is 17.2 Å². The molecule has 4 amide bonds. The third-order valence-corrected chi connectivity index (χ3v) is 6.00. The Morgan fingerprint density at radius 3 is 2.86 bits per heavy atom. The molecule has 1 aromatic carbocycles. The molecule has 4 heterocycles. The van der Waals surface area contributed by atoms with Crippen molar-refractivity contribution >= 4 is 40.5 Å². The van der Waals surface area contributed by atoms with Crippen molar-refractivity contribution in [3.8, 4) is 0 Å². The van der Waals surface area contributed by atoms with Crippen LogP contribution in [0.2, 0.25) is 0 Å². The van der Waals surface area contributed by atoms with Gasteiger partial charge in [0.15, 0.2) is 17.7 Å². The third-order valence-electron chi connectivity index (χ3n) is 6.00. The van der Waals surface area contributed by atoms with Crippen LogP contribution < -0.4 is 27.0 Å². The van der Waals surface area contributed by atoms with E-state index in [9.17, 15) is 24.6 Å². The number of aliphatic hydroxyl groups excluding tert-OH is 2. The fraction of sp³-hybridized carbons (Fsp3) is 0.333. The molecule has 3 aromatic rings. The number of hydrogen-bond acceptors (Lipinski definition) is 10. The van der Waals surface area contributed by atoms with E-state index < -0.39 is 36.5 Å². The van der Waals surface area contributed by atoms with Crippen molar-refractivity contribution in [3.05, 3.63) is 42.0 Å². The molecule has 15 heteroatoms. The van der Waals surface area contributed by atoms with Gasteiger partial charge in [0.1, 0.15) is 30.2 Å². The summed E-state index contributed by atoms with van der Waals surface area (Å²) >= 11 is 0. The average Bonchev–Trinajstić information content (AvgIpc) is 3.54. The summed E-state index contributed by atoms with van der Waals surface area (Å²) in [6, 6.07) is 4.34. The lowest BCUT2D eigenvalue weighted by atomic mass is 10.1. The summed E-state index contributed by atoms with van der Waals surface area (Å²) in [5.74, 6) is -0.590. The Hall–Kier alpha value is -4.34. The summed E-state index contributed by atoms with van der Waals surface area (Å²) in [4.78, 5) is 48.3. The van der Waals surface area contributed by atoms with E-state index >= 15 is 0 Å². The van der Waals surface area contributed by atoms with Crippen molar-refractivity contribution in [2.24, 2.45) is 0 Å². The number of benzene rings is 1. The second kappa shape index (κ2) is 9.37. The van der Waals surface area contributed by atoms with Crippen molar-refractivity contribution in [2.45, 2.75) is 31.1 Å². The second-order valence-corrected chi connectivity index (χ2v) is 8.26. The monoisotopic (exact) mass is 497 g/mol. The zero-order valence-electron chi connectivity index (χ0n) is 18.7. The number of carbonyl (C=O) groups excluding carboxylic acids is 3. The fourth-order valence-corrected chi connectivity index (χ4v) is 4.16. The lowest BCUT2D eigenvalue weighted by molar-refractivity contribution is -0.121. The second-order valence-electron chi connectivity index (χ2n) is 8.26. The molecule has 1 fully saturated rings. The maximum Gasteiger partial charge on any atom is 0.319 e. The molecule has 2 aromatic heterocycles. The quantitative estimate of drug-likeness (QED) is 0.203. The molecule has 2 aliphatic rings. The van der Waals surface area contributed by atoms with E-state index in [0.717, 1.165) is 0 Å². The first-order chi connectivity index (χ1) is 17.3. The predicted molar refractivity (Wildman–Crippen MR) is 123 cm³/mol. The Morgan fingerprint density at radius 1 is 1.19 bits per heavy atom. The number of carbonyl (C=O) groups is 3. The zero-order valence-corrected chi connectivity index (χ0v) is 18.7. The van der Waals surface area contributed by atoms with Gasteiger partial charge in [0, 0.05) is 29.9 Å². The van der Waals surface area contributed by atoms with E-state index in [1.54, 1.807) is 18.2 Å². The van der Waals surface area contributed by atoms with Crippen LogP contribution in [0.4, 0.5) is 16.3 Å². The number of imidazole rings is 1. The maximum absolute atomic E-state index is 12.2. The summed E-state index contributed by atoms with van der Waals surface area (Å²) in [6.45, 7) is -0.174. The van der Waals surface area contributed by atoms with Crippen LogP contribution in [0.15, 0.2) is 30.9 Å². The standard InChI is InChI=1S/C21H23N9O6/c22-17-14-18(27-7-26-17)30(8-28-14)20-16(33)15(32)12(36-20)5-23-13(31)6-25-21(35)29-11-3-1-2-9-10(11)4-24-19(9)34/h1-3,7-8,12,15-16,20,32-33H,4-6H2,(H,23,31)(H,24,34)(H2,22,26,27)(H2,25,29,35). The molecule has 0 spiro atoms. The number of rotatable bonds is 6. The van der Waals surface area contributed by atoms with Crippen LogP contribution in [0.5, 0.6) is 0 Å². The summed E-state index contributed by atoms with van der Waals surface area (Å²) in [5, 5.41) is 31.2. The molecule has 0 bridgehead atoms. The van der Waals surface area contributed by atoms with E-state index in [4.69, 9.17) is 10.5 Å². The summed E-state index contributed by atoms with van der Waals surface area (Å²) in [5.41, 5.74) is 8.05. The van der Waals surface area contributed by atoms with Gasteiger partial charge in [-0.2, -0.15) is 0 Å². The number of hydrogen-bond donors (Lipinski definition) is 7. The fourth-order valence-electron chi connectivity index (χ4n) is 4.16. The summed E-state index contributed by atoms with van der Waals surface area (Å²) < 4.78 is 7.19. The highest BCUT2D eigenvalue weighted by atomic mass is 16.6. The first kappa shape index (κ1) is 23.4. The van der Waals surface area contributed by atoms with Crippen LogP contribution >= 0.6 is 0 Å². The Kier molecular flexibility index (Phi) is 6.09. The SMILES string of the molecule is Nc1ncnc2c1ncn2C1OC(CNC(=O)CNC(=O)Nc2cccc3c2CNC3=O)C(O)C1O. The van der Waals surface area contributed by atoms with Crippen LogP contribution in [-0.2, 0) is 16.1 Å². The van der Waals surface area contributed by atoms with E-state index in [1.807, 2.05) is 0 Å². The van der Waals surface area contributed by atoms with Gasteiger partial charge in [0.2, 0.25) is 5.91 Å². The van der Waals surface area contributed by atoms with Crippen molar-refractivity contribution in [1.29, 1.82) is 0 Å². The summed E-state index contributed by atoms with van der Waals surface area (Å²) in [6.07, 6.45) is -1.96. The van der Waals surface area contributed by atoms with Crippen LogP contribution in [0.3, 0.4) is 0 Å². The van der Waals surface area contributed by atoms with E-state index in [-0.39, 0.29) is 24.8 Å². The van der Waals surface area contributed by atoms with E-state index in [0.29, 0.717) is 34.5 Å². The molecule has 0 saturated carbocycles. The van der Waals surface area contributed by atoms with Crippen molar-refractivity contribution in [3.63, 3.8) is 0 Å². The normalized spacial score (nSPS) is 22.8. The number of nitrogen functional groups attached to an aromatic ring is 1. The smallest absolute Gasteiger partial charge is 0.319 e. The number of aromatic nitrogens is 4. The Balaban J connectivity index is 1.13. The first-order valence-corrected chi connectivity index (χ1v) is 11.0. The molecule has 0 radical (unpaired) electrons. The number of fused-ring (bicyclic) bond motifs is 2. The largest absolute Gasteiger partial charge is 0.387 e. The van der Waals surface area contributed by atoms with Crippen molar-refractivity contribution < 1.29 is 29.3 Å². The molecule has 4 unspecified atom stereocenters. The molecule has 0 aliphatic carbocycles. The molecule has 15 nitrogen and oxygen atoms in total. The van der Waals surface area contributed by atoms with Crippen molar-refractivity contribution in [1.82, 2.24) is 35.5 Å². The molecule has 4 atom stereocenters. The minimum atomic E-state index is -1.32. The number of urea groups is 1. The molecule has 5 rings (SSSR count). The molecule has 188 valence electrons. The minimum absolute atomic E-state index is 0.124. The van der Waals surface area contributed by atoms with Gasteiger partial charge in [0.25, 0.3) is 5.91 Å². The number of nitrogens with zero attached hydrogens (tertiary/aromatic N) is 4. The number of aliphatic hydroxyl groups is 2. The van der Waals surface area contributed by atoms with Crippen LogP contribution in [0.1, 0.15) is 22.1 Å². The topological polar surface area (TPSA) is 219 Å². The van der Waals surface area contributed by atoms with Gasteiger partial charge < -0.3 is 42.0 Å². The van der Waals surface area contributed by atoms with Crippen LogP contribution in [-0.4, -0.2) is 79.0 Å². The van der Waals surface area contributed by atoms with Gasteiger partial charge >= 0.3 is 6.03 Å². The predicted octanol–water partition coefficient (Wildman–Crippen LogP) is -1.79. The molecule has 2 aliphatic heterocycles. The zero-order chi connectivity index (χ0) is 25.4. The van der Waals surface area contributed by atoms with Crippen LogP contribution in [0.25, 0.3) is 11.2 Å². The number of nitrogens with one attached hydrogen (secondary N) is 4. The molecular weight excluding hydrogens is 474 g/mol. The first-order valence-electron chi connectivity index (χ1n) is 11.0. The summed E-state index contributed by atoms with van der Waals surface area (Å²) in [7, 11) is 0. The van der Waals surface area contributed by atoms with Gasteiger partial charge in [-0.15, -0.1) is 0 Å². The number of anilines is 2.